The number of halogens is 3. The fourth-order valence-electron chi connectivity index (χ4n) is 1.67. The van der Waals surface area contributed by atoms with Crippen molar-refractivity contribution in [1.29, 1.82) is 0 Å². The molecule has 1 aliphatic rings. The second-order valence-corrected chi connectivity index (χ2v) is 3.71. The van der Waals surface area contributed by atoms with Gasteiger partial charge in [-0.05, 0) is 6.07 Å². The third-order valence-electron chi connectivity index (χ3n) is 2.49. The van der Waals surface area contributed by atoms with Gasteiger partial charge in [0.15, 0.2) is 17.9 Å². The summed E-state index contributed by atoms with van der Waals surface area (Å²) in [7, 11) is 0. The Morgan fingerprint density at radius 3 is 2.53 bits per heavy atom. The van der Waals surface area contributed by atoms with Gasteiger partial charge in [-0.25, -0.2) is 13.2 Å². The molecule has 0 aromatic heterocycles. The summed E-state index contributed by atoms with van der Waals surface area (Å²) in [5.41, 5.74) is -0.429. The standard InChI is InChI=1S/C11H11F3O3/c12-6-3-7(11(14)8(13)4-6)9(15)5-10-16-1-2-17-10/h3-4,9-10,15H,1-2,5H2. The molecule has 0 spiro atoms. The Kier molecular flexibility index (Phi) is 3.66. The van der Waals surface area contributed by atoms with E-state index in [0.29, 0.717) is 19.3 Å². The van der Waals surface area contributed by atoms with Gasteiger partial charge in [0, 0.05) is 18.1 Å². The zero-order valence-electron chi connectivity index (χ0n) is 8.83. The molecule has 94 valence electrons. The van der Waals surface area contributed by atoms with Crippen LogP contribution in [0.4, 0.5) is 13.2 Å². The van der Waals surface area contributed by atoms with E-state index in [1.807, 2.05) is 0 Å². The fourth-order valence-corrected chi connectivity index (χ4v) is 1.67. The first-order chi connectivity index (χ1) is 8.08. The molecule has 1 fully saturated rings. The third-order valence-corrected chi connectivity index (χ3v) is 2.49. The van der Waals surface area contributed by atoms with Crippen molar-refractivity contribution in [3.63, 3.8) is 0 Å². The molecule has 1 aromatic carbocycles. The molecule has 1 aromatic rings. The zero-order chi connectivity index (χ0) is 12.4. The zero-order valence-corrected chi connectivity index (χ0v) is 8.83. The molecular formula is C11H11F3O3. The Morgan fingerprint density at radius 2 is 1.88 bits per heavy atom. The van der Waals surface area contributed by atoms with Crippen LogP contribution in [0, 0.1) is 17.5 Å². The number of benzene rings is 1. The molecule has 3 nitrogen and oxygen atoms in total. The normalized spacial score (nSPS) is 18.6. The Morgan fingerprint density at radius 1 is 1.24 bits per heavy atom. The van der Waals surface area contributed by atoms with Gasteiger partial charge in [0.2, 0.25) is 0 Å². The molecule has 0 saturated carbocycles. The lowest BCUT2D eigenvalue weighted by molar-refractivity contribution is -0.0713. The highest BCUT2D eigenvalue weighted by molar-refractivity contribution is 5.22. The molecule has 1 heterocycles. The first kappa shape index (κ1) is 12.3. The number of aliphatic hydroxyl groups excluding tert-OH is 1. The molecule has 6 heteroatoms. The van der Waals surface area contributed by atoms with Crippen molar-refractivity contribution in [3.05, 3.63) is 35.1 Å². The van der Waals surface area contributed by atoms with Crippen LogP contribution in [0.15, 0.2) is 12.1 Å². The van der Waals surface area contributed by atoms with Gasteiger partial charge in [0.25, 0.3) is 0 Å². The summed E-state index contributed by atoms with van der Waals surface area (Å²) >= 11 is 0. The molecule has 1 saturated heterocycles. The molecule has 0 bridgehead atoms. The van der Waals surface area contributed by atoms with Crippen molar-refractivity contribution in [2.75, 3.05) is 13.2 Å². The fraction of sp³-hybridized carbons (Fsp3) is 0.455. The number of hydrogen-bond acceptors (Lipinski definition) is 3. The van der Waals surface area contributed by atoms with Crippen LogP contribution in [-0.4, -0.2) is 24.6 Å². The highest BCUT2D eigenvalue weighted by atomic mass is 19.2. The number of aliphatic hydroxyl groups is 1. The van der Waals surface area contributed by atoms with E-state index in [4.69, 9.17) is 9.47 Å². The van der Waals surface area contributed by atoms with E-state index in [0.717, 1.165) is 6.07 Å². The number of ether oxygens (including phenoxy) is 2. The first-order valence-corrected chi connectivity index (χ1v) is 5.13. The number of rotatable bonds is 3. The predicted molar refractivity (Wildman–Crippen MR) is 51.6 cm³/mol. The van der Waals surface area contributed by atoms with Gasteiger partial charge >= 0.3 is 0 Å². The van der Waals surface area contributed by atoms with E-state index in [9.17, 15) is 18.3 Å². The van der Waals surface area contributed by atoms with Crippen molar-refractivity contribution in [2.24, 2.45) is 0 Å². The summed E-state index contributed by atoms with van der Waals surface area (Å²) in [5, 5.41) is 9.68. The molecule has 2 rings (SSSR count). The minimum absolute atomic E-state index is 0.0696. The molecule has 1 N–H and O–H groups in total. The van der Waals surface area contributed by atoms with Crippen LogP contribution in [0.3, 0.4) is 0 Å². The smallest absolute Gasteiger partial charge is 0.164 e. The van der Waals surface area contributed by atoms with Crippen LogP contribution in [0.2, 0.25) is 0 Å². The van der Waals surface area contributed by atoms with Crippen molar-refractivity contribution in [2.45, 2.75) is 18.8 Å². The lowest BCUT2D eigenvalue weighted by Crippen LogP contribution is -2.14. The molecule has 17 heavy (non-hydrogen) atoms. The second kappa shape index (κ2) is 5.03. The maximum atomic E-state index is 13.3. The molecular weight excluding hydrogens is 237 g/mol. The summed E-state index contributed by atoms with van der Waals surface area (Å²) in [6, 6.07) is 1.19. The monoisotopic (exact) mass is 248 g/mol. The van der Waals surface area contributed by atoms with Crippen LogP contribution >= 0.6 is 0 Å². The van der Waals surface area contributed by atoms with Crippen LogP contribution < -0.4 is 0 Å². The molecule has 0 radical (unpaired) electrons. The average molecular weight is 248 g/mol. The molecule has 1 aliphatic heterocycles. The van der Waals surface area contributed by atoms with Crippen LogP contribution in [-0.2, 0) is 9.47 Å². The van der Waals surface area contributed by atoms with E-state index in [-0.39, 0.29) is 6.42 Å². The Labute approximate surface area is 95.8 Å². The average Bonchev–Trinajstić information content (AvgIpc) is 2.76. The van der Waals surface area contributed by atoms with Gasteiger partial charge in [-0.3, -0.25) is 0 Å². The van der Waals surface area contributed by atoms with E-state index >= 15 is 0 Å². The van der Waals surface area contributed by atoms with Crippen LogP contribution in [0.5, 0.6) is 0 Å². The van der Waals surface area contributed by atoms with E-state index in [1.165, 1.54) is 0 Å². The van der Waals surface area contributed by atoms with E-state index in [1.54, 1.807) is 0 Å². The first-order valence-electron chi connectivity index (χ1n) is 5.13. The van der Waals surface area contributed by atoms with Gasteiger partial charge in [-0.2, -0.15) is 0 Å². The van der Waals surface area contributed by atoms with Crippen molar-refractivity contribution < 1.29 is 27.8 Å². The summed E-state index contributed by atoms with van der Waals surface area (Å²) in [5.74, 6) is -3.52. The van der Waals surface area contributed by atoms with Crippen LogP contribution in [0.1, 0.15) is 18.1 Å². The number of hydrogen-bond donors (Lipinski definition) is 1. The van der Waals surface area contributed by atoms with Gasteiger partial charge in [0.1, 0.15) is 5.82 Å². The Hall–Kier alpha value is -1.11. The lowest BCUT2D eigenvalue weighted by atomic mass is 10.1. The SMILES string of the molecule is OC(CC1OCCO1)c1cc(F)cc(F)c1F. The Bertz CT molecular complexity index is 405. The topological polar surface area (TPSA) is 38.7 Å². The van der Waals surface area contributed by atoms with Gasteiger partial charge in [0.05, 0.1) is 19.3 Å². The summed E-state index contributed by atoms with van der Waals surface area (Å²) < 4.78 is 49.3. The van der Waals surface area contributed by atoms with E-state index < -0.39 is 35.4 Å². The maximum absolute atomic E-state index is 13.3. The highest BCUT2D eigenvalue weighted by Gasteiger charge is 2.24. The largest absolute Gasteiger partial charge is 0.388 e. The molecule has 1 atom stereocenters. The third kappa shape index (κ3) is 2.77. The lowest BCUT2D eigenvalue weighted by Gasteiger charge is -2.16. The van der Waals surface area contributed by atoms with Crippen molar-refractivity contribution >= 4 is 0 Å². The molecule has 1 unspecified atom stereocenters. The quantitative estimate of drug-likeness (QED) is 0.830. The van der Waals surface area contributed by atoms with Crippen molar-refractivity contribution in [1.82, 2.24) is 0 Å². The van der Waals surface area contributed by atoms with Gasteiger partial charge in [-0.1, -0.05) is 0 Å². The highest BCUT2D eigenvalue weighted by Crippen LogP contribution is 2.26. The van der Waals surface area contributed by atoms with Gasteiger partial charge < -0.3 is 14.6 Å². The maximum Gasteiger partial charge on any atom is 0.164 e. The van der Waals surface area contributed by atoms with Crippen LogP contribution in [0.25, 0.3) is 0 Å². The predicted octanol–water partition coefficient (Wildman–Crippen LogP) is 1.90. The van der Waals surface area contributed by atoms with Crippen molar-refractivity contribution in [3.8, 4) is 0 Å². The molecule has 0 aliphatic carbocycles. The summed E-state index contributed by atoms with van der Waals surface area (Å²) in [6.45, 7) is 0.773. The minimum Gasteiger partial charge on any atom is -0.388 e. The Balaban J connectivity index is 2.14. The second-order valence-electron chi connectivity index (χ2n) is 3.71. The van der Waals surface area contributed by atoms with Gasteiger partial charge in [-0.15, -0.1) is 0 Å². The molecule has 0 amide bonds. The van der Waals surface area contributed by atoms with E-state index in [2.05, 4.69) is 0 Å². The minimum atomic E-state index is -1.37. The summed E-state index contributed by atoms with van der Waals surface area (Å²) in [4.78, 5) is 0. The summed E-state index contributed by atoms with van der Waals surface area (Å²) in [6.07, 6.45) is -2.11.